The molecule has 0 heterocycles. The van der Waals surface area contributed by atoms with Gasteiger partial charge < -0.3 is 9.47 Å². The molecule has 0 aliphatic rings. The minimum absolute atomic E-state index is 0.489. The molecule has 0 atom stereocenters. The minimum atomic E-state index is -0.499. The van der Waals surface area contributed by atoms with Gasteiger partial charge in [0.05, 0.1) is 13.2 Å². The lowest BCUT2D eigenvalue weighted by atomic mass is 10.0. The fraction of sp³-hybridized carbons (Fsp3) is 0.696. The van der Waals surface area contributed by atoms with Gasteiger partial charge >= 0.3 is 6.16 Å². The van der Waals surface area contributed by atoms with E-state index in [0.717, 1.165) is 25.7 Å². The third-order valence-corrected chi connectivity index (χ3v) is 4.64. The van der Waals surface area contributed by atoms with Crippen molar-refractivity contribution in [1.29, 1.82) is 0 Å². The van der Waals surface area contributed by atoms with Crippen molar-refractivity contribution in [2.75, 3.05) is 13.2 Å². The van der Waals surface area contributed by atoms with Crippen LogP contribution in [0.15, 0.2) is 30.3 Å². The zero-order valence-electron chi connectivity index (χ0n) is 16.7. The molecule has 3 heteroatoms. The molecule has 0 aliphatic carbocycles. The van der Waals surface area contributed by atoms with Crippen LogP contribution in [0.5, 0.6) is 0 Å². The zero-order chi connectivity index (χ0) is 18.7. The molecule has 0 N–H and O–H groups in total. The maximum absolute atomic E-state index is 11.4. The second-order valence-corrected chi connectivity index (χ2v) is 7.07. The summed E-state index contributed by atoms with van der Waals surface area (Å²) in [6.45, 7) is 3.17. The smallest absolute Gasteiger partial charge is 0.434 e. The lowest BCUT2D eigenvalue weighted by Gasteiger charge is -2.06. The Kier molecular flexibility index (Phi) is 14.7. The van der Waals surface area contributed by atoms with Gasteiger partial charge in [0.15, 0.2) is 0 Å². The molecular formula is C23H38O3. The summed E-state index contributed by atoms with van der Waals surface area (Å²) in [6.07, 6.45) is 14.9. The maximum atomic E-state index is 11.4. The third-order valence-electron chi connectivity index (χ3n) is 4.64. The van der Waals surface area contributed by atoms with E-state index >= 15 is 0 Å². The summed E-state index contributed by atoms with van der Waals surface area (Å²) >= 11 is 0. The fourth-order valence-corrected chi connectivity index (χ4v) is 3.02. The minimum Gasteiger partial charge on any atom is -0.434 e. The van der Waals surface area contributed by atoms with Crippen molar-refractivity contribution >= 4 is 6.16 Å². The molecule has 0 fully saturated rings. The average Bonchev–Trinajstić information content (AvgIpc) is 2.67. The van der Waals surface area contributed by atoms with Gasteiger partial charge in [-0.2, -0.15) is 0 Å². The number of carbonyl (C=O) groups excluding carboxylic acids is 1. The first-order valence-electron chi connectivity index (χ1n) is 10.7. The first kappa shape index (κ1) is 22.5. The highest BCUT2D eigenvalue weighted by molar-refractivity contribution is 5.59. The lowest BCUT2D eigenvalue weighted by molar-refractivity contribution is 0.0529. The van der Waals surface area contributed by atoms with Crippen molar-refractivity contribution in [3.8, 4) is 0 Å². The highest BCUT2D eigenvalue weighted by Crippen LogP contribution is 2.10. The monoisotopic (exact) mass is 362 g/mol. The van der Waals surface area contributed by atoms with Crippen molar-refractivity contribution in [3.05, 3.63) is 35.9 Å². The van der Waals surface area contributed by atoms with Crippen LogP contribution < -0.4 is 0 Å². The highest BCUT2D eigenvalue weighted by Gasteiger charge is 2.03. The van der Waals surface area contributed by atoms with E-state index in [1.165, 1.54) is 63.4 Å². The molecule has 0 unspecified atom stereocenters. The van der Waals surface area contributed by atoms with E-state index in [-0.39, 0.29) is 0 Å². The first-order valence-corrected chi connectivity index (χ1v) is 10.7. The van der Waals surface area contributed by atoms with Gasteiger partial charge in [-0.05, 0) is 31.2 Å². The first-order chi connectivity index (χ1) is 12.8. The second kappa shape index (κ2) is 16.9. The van der Waals surface area contributed by atoms with Gasteiger partial charge in [0.2, 0.25) is 0 Å². The number of rotatable bonds is 16. The Labute approximate surface area is 160 Å². The molecule has 0 amide bonds. The Morgan fingerprint density at radius 1 is 0.692 bits per heavy atom. The van der Waals surface area contributed by atoms with E-state index in [2.05, 4.69) is 37.3 Å². The maximum Gasteiger partial charge on any atom is 0.508 e. The largest absolute Gasteiger partial charge is 0.508 e. The summed E-state index contributed by atoms with van der Waals surface area (Å²) in [6, 6.07) is 10.7. The van der Waals surface area contributed by atoms with E-state index < -0.39 is 6.16 Å². The Morgan fingerprint density at radius 3 is 1.77 bits per heavy atom. The molecule has 1 rings (SSSR count). The molecule has 0 saturated carbocycles. The number of hydrogen-bond donors (Lipinski definition) is 0. The molecule has 148 valence electrons. The molecule has 0 spiro atoms. The SMILES string of the molecule is CCCCCCCOC(=O)OCCCCCCCCCc1ccccc1. The van der Waals surface area contributed by atoms with Gasteiger partial charge in [0, 0.05) is 0 Å². The van der Waals surface area contributed by atoms with Crippen LogP contribution in [0.2, 0.25) is 0 Å². The van der Waals surface area contributed by atoms with Gasteiger partial charge in [-0.1, -0.05) is 95.0 Å². The third kappa shape index (κ3) is 13.7. The number of ether oxygens (including phenoxy) is 2. The van der Waals surface area contributed by atoms with E-state index in [9.17, 15) is 4.79 Å². The van der Waals surface area contributed by atoms with Crippen LogP contribution >= 0.6 is 0 Å². The van der Waals surface area contributed by atoms with Crippen LogP contribution in [0, 0.1) is 0 Å². The Hall–Kier alpha value is -1.51. The Bertz CT molecular complexity index is 430. The standard InChI is InChI=1S/C23H38O3/c1-2-3-4-9-15-20-25-23(24)26-21-16-10-7-5-6-8-12-17-22-18-13-11-14-19-22/h11,13-14,18-19H,2-10,12,15-17,20-21H2,1H3. The summed E-state index contributed by atoms with van der Waals surface area (Å²) < 4.78 is 10.2. The normalized spacial score (nSPS) is 10.7. The molecule has 0 radical (unpaired) electrons. The quantitative estimate of drug-likeness (QED) is 0.233. The van der Waals surface area contributed by atoms with Gasteiger partial charge in [-0.25, -0.2) is 4.79 Å². The van der Waals surface area contributed by atoms with Crippen LogP contribution in [0.3, 0.4) is 0 Å². The van der Waals surface area contributed by atoms with E-state index in [1.54, 1.807) is 0 Å². The summed E-state index contributed by atoms with van der Waals surface area (Å²) in [5.41, 5.74) is 1.44. The van der Waals surface area contributed by atoms with Crippen LogP contribution in [0.25, 0.3) is 0 Å². The topological polar surface area (TPSA) is 35.5 Å². The summed E-state index contributed by atoms with van der Waals surface area (Å²) in [5.74, 6) is 0. The molecular weight excluding hydrogens is 324 g/mol. The van der Waals surface area contributed by atoms with Crippen molar-refractivity contribution in [3.63, 3.8) is 0 Å². The summed E-state index contributed by atoms with van der Waals surface area (Å²) in [4.78, 5) is 11.4. The lowest BCUT2D eigenvalue weighted by Crippen LogP contribution is -2.09. The molecule has 1 aromatic carbocycles. The van der Waals surface area contributed by atoms with Crippen molar-refractivity contribution in [1.82, 2.24) is 0 Å². The Morgan fingerprint density at radius 2 is 1.19 bits per heavy atom. The number of aryl methyl sites for hydroxylation is 1. The molecule has 0 aromatic heterocycles. The zero-order valence-corrected chi connectivity index (χ0v) is 16.7. The fourth-order valence-electron chi connectivity index (χ4n) is 3.02. The molecule has 0 aliphatic heterocycles. The van der Waals surface area contributed by atoms with Crippen LogP contribution in [-0.2, 0) is 15.9 Å². The highest BCUT2D eigenvalue weighted by atomic mass is 16.7. The molecule has 0 bridgehead atoms. The van der Waals surface area contributed by atoms with Gasteiger partial charge in [-0.3, -0.25) is 0 Å². The van der Waals surface area contributed by atoms with Crippen molar-refractivity contribution < 1.29 is 14.3 Å². The Balaban J connectivity index is 1.78. The second-order valence-electron chi connectivity index (χ2n) is 7.07. The predicted octanol–water partition coefficient (Wildman–Crippen LogP) is 7.08. The molecule has 0 saturated heterocycles. The molecule has 1 aromatic rings. The van der Waals surface area contributed by atoms with Crippen LogP contribution in [0.1, 0.15) is 89.5 Å². The van der Waals surface area contributed by atoms with Gasteiger partial charge in [-0.15, -0.1) is 0 Å². The summed E-state index contributed by atoms with van der Waals surface area (Å²) in [5, 5.41) is 0. The number of carbonyl (C=O) groups is 1. The van der Waals surface area contributed by atoms with Crippen molar-refractivity contribution in [2.24, 2.45) is 0 Å². The molecule has 26 heavy (non-hydrogen) atoms. The van der Waals surface area contributed by atoms with Gasteiger partial charge in [0.25, 0.3) is 0 Å². The van der Waals surface area contributed by atoms with Crippen LogP contribution in [-0.4, -0.2) is 19.4 Å². The van der Waals surface area contributed by atoms with E-state index in [1.807, 2.05) is 0 Å². The number of unbranched alkanes of at least 4 members (excludes halogenated alkanes) is 10. The average molecular weight is 363 g/mol. The molecule has 3 nitrogen and oxygen atoms in total. The van der Waals surface area contributed by atoms with E-state index in [0.29, 0.717) is 13.2 Å². The van der Waals surface area contributed by atoms with E-state index in [4.69, 9.17) is 9.47 Å². The number of benzene rings is 1. The number of hydrogen-bond acceptors (Lipinski definition) is 3. The summed E-state index contributed by atoms with van der Waals surface area (Å²) in [7, 11) is 0. The van der Waals surface area contributed by atoms with Crippen molar-refractivity contribution in [2.45, 2.75) is 90.4 Å². The predicted molar refractivity (Wildman–Crippen MR) is 109 cm³/mol. The van der Waals surface area contributed by atoms with Gasteiger partial charge in [0.1, 0.15) is 0 Å². The van der Waals surface area contributed by atoms with Crippen LogP contribution in [0.4, 0.5) is 4.79 Å².